The highest BCUT2D eigenvalue weighted by Crippen LogP contribution is 2.35. The minimum atomic E-state index is -4.51. The maximum absolute atomic E-state index is 13.8. The van der Waals surface area contributed by atoms with Gasteiger partial charge in [-0.3, -0.25) is 4.90 Å². The summed E-state index contributed by atoms with van der Waals surface area (Å²) in [4.78, 5) is 16.2. The van der Waals surface area contributed by atoms with E-state index in [2.05, 4.69) is 25.9 Å². The number of benzene rings is 1. The van der Waals surface area contributed by atoms with Gasteiger partial charge in [0.05, 0.1) is 36.0 Å². The van der Waals surface area contributed by atoms with Crippen LogP contribution < -0.4 is 4.72 Å². The lowest BCUT2D eigenvalue weighted by atomic mass is 9.99. The lowest BCUT2D eigenvalue weighted by Crippen LogP contribution is -2.49. The Labute approximate surface area is 200 Å². The number of hydrogen-bond donors (Lipinski definition) is 1. The second kappa shape index (κ2) is 9.66. The van der Waals surface area contributed by atoms with Crippen molar-refractivity contribution in [3.05, 3.63) is 60.2 Å². The Morgan fingerprint density at radius 1 is 1.11 bits per heavy atom. The summed E-state index contributed by atoms with van der Waals surface area (Å²) in [6.07, 6.45) is 2.58. The molecule has 35 heavy (non-hydrogen) atoms. The van der Waals surface area contributed by atoms with Gasteiger partial charge in [0.25, 0.3) is 0 Å². The van der Waals surface area contributed by atoms with Crippen LogP contribution in [0.5, 0.6) is 0 Å². The van der Waals surface area contributed by atoms with Crippen LogP contribution >= 0.6 is 0 Å². The average molecular weight is 508 g/mol. The number of nitrogens with one attached hydrogen (secondary N) is 1. The molecule has 3 heterocycles. The fraction of sp³-hybridized carbons (Fsp3) is 0.318. The first-order chi connectivity index (χ1) is 16.5. The normalized spacial score (nSPS) is 16.6. The summed E-state index contributed by atoms with van der Waals surface area (Å²) in [6.45, 7) is 1.60. The van der Waals surface area contributed by atoms with E-state index in [1.165, 1.54) is 37.1 Å². The fourth-order valence-corrected chi connectivity index (χ4v) is 4.44. The molecule has 13 heteroatoms. The molecule has 0 saturated carbocycles. The summed E-state index contributed by atoms with van der Waals surface area (Å²) in [5.41, 5.74) is 0.849. The Morgan fingerprint density at radius 3 is 2.49 bits per heavy atom. The number of piperazine rings is 1. The second-order valence-corrected chi connectivity index (χ2v) is 10.5. The van der Waals surface area contributed by atoms with E-state index in [0.29, 0.717) is 43.0 Å². The van der Waals surface area contributed by atoms with E-state index in [4.69, 9.17) is 0 Å². The van der Waals surface area contributed by atoms with Gasteiger partial charge in [-0.2, -0.15) is 33.1 Å². The number of nitrogens with zero attached hydrogens (tertiary/aromatic N) is 6. The Kier molecular flexibility index (Phi) is 6.81. The summed E-state index contributed by atoms with van der Waals surface area (Å²) in [5, 5.41) is 11.4. The zero-order valence-corrected chi connectivity index (χ0v) is 19.7. The molecule has 3 aromatic rings. The molecule has 2 aromatic heterocycles. The molecule has 1 aromatic carbocycles. The highest BCUT2D eigenvalue weighted by molar-refractivity contribution is 8.00. The number of alkyl halides is 3. The number of hydrogen-bond acceptors (Lipinski definition) is 6. The third kappa shape index (κ3) is 6.17. The molecule has 1 fully saturated rings. The smallest absolute Gasteiger partial charge is 0.320 e. The zero-order chi connectivity index (χ0) is 25.2. The molecule has 1 amide bonds. The lowest BCUT2D eigenvalue weighted by Gasteiger charge is -2.34. The first-order valence-corrected chi connectivity index (χ1v) is 12.8. The van der Waals surface area contributed by atoms with Crippen molar-refractivity contribution in [1.29, 1.82) is 0 Å². The highest BCUT2D eigenvalue weighted by Gasteiger charge is 2.34. The van der Waals surface area contributed by atoms with Crippen molar-refractivity contribution in [2.24, 2.45) is 0 Å². The summed E-state index contributed by atoms with van der Waals surface area (Å²) < 4.78 is 57.0. The van der Waals surface area contributed by atoms with Crippen molar-refractivity contribution >= 4 is 27.3 Å². The van der Waals surface area contributed by atoms with Crippen LogP contribution in [0.3, 0.4) is 0 Å². The van der Waals surface area contributed by atoms with Crippen molar-refractivity contribution < 1.29 is 22.2 Å². The predicted octanol–water partition coefficient (Wildman–Crippen LogP) is 2.82. The maximum atomic E-state index is 13.8. The van der Waals surface area contributed by atoms with Gasteiger partial charge < -0.3 is 9.62 Å². The molecule has 186 valence electrons. The number of aromatic nitrogens is 4. The molecule has 1 saturated heterocycles. The zero-order valence-electron chi connectivity index (χ0n) is 18.9. The number of rotatable bonds is 5. The van der Waals surface area contributed by atoms with Crippen LogP contribution in [-0.4, -0.2) is 78.3 Å². The monoisotopic (exact) mass is 507 g/mol. The van der Waals surface area contributed by atoms with Crippen LogP contribution in [0, 0.1) is 0 Å². The Hall–Kier alpha value is -3.45. The fourth-order valence-electron chi connectivity index (χ4n) is 3.83. The molecule has 1 unspecified atom stereocenters. The lowest BCUT2D eigenvalue weighted by molar-refractivity contribution is -0.138. The van der Waals surface area contributed by atoms with E-state index in [9.17, 15) is 22.2 Å². The van der Waals surface area contributed by atoms with E-state index >= 15 is 0 Å². The van der Waals surface area contributed by atoms with Crippen LogP contribution in [0.1, 0.15) is 11.1 Å². The molecule has 4 rings (SSSR count). The van der Waals surface area contributed by atoms with Crippen molar-refractivity contribution in [3.63, 3.8) is 0 Å². The largest absolute Gasteiger partial charge is 0.416 e. The van der Waals surface area contributed by atoms with Crippen LogP contribution in [-0.2, 0) is 22.4 Å². The summed E-state index contributed by atoms with van der Waals surface area (Å²) in [6, 6.07) is 5.51. The SMILES string of the molecule is C=S(C)(=O)Nc1cnn(C(=O)N2CCN(Cc3ccc(-c4ccnnc4)cc3C(F)(F)F)CC2)c1. The van der Waals surface area contributed by atoms with Crippen LogP contribution in [0.2, 0.25) is 0 Å². The van der Waals surface area contributed by atoms with Gasteiger partial charge in [0, 0.05) is 54.3 Å². The molecule has 1 aliphatic rings. The number of amides is 1. The molecule has 1 atom stereocenters. The number of carbonyl (C=O) groups is 1. The molecular weight excluding hydrogens is 483 g/mol. The van der Waals surface area contributed by atoms with E-state index < -0.39 is 21.4 Å². The van der Waals surface area contributed by atoms with Crippen LogP contribution in [0.15, 0.2) is 49.1 Å². The maximum Gasteiger partial charge on any atom is 0.416 e. The van der Waals surface area contributed by atoms with E-state index in [1.807, 2.05) is 4.90 Å². The molecule has 1 N–H and O–H groups in total. The first-order valence-electron chi connectivity index (χ1n) is 10.6. The molecular formula is C22H24F3N7O2S. The van der Waals surface area contributed by atoms with Gasteiger partial charge in [-0.15, -0.1) is 0 Å². The number of carbonyl (C=O) groups excluding carboxylic acids is 1. The second-order valence-electron chi connectivity index (χ2n) is 8.33. The number of halogens is 3. The number of anilines is 1. The van der Waals surface area contributed by atoms with Crippen LogP contribution in [0.25, 0.3) is 11.1 Å². The third-order valence-corrected chi connectivity index (χ3v) is 6.15. The standard InChI is InChI=1S/C22H24F3N7O2S/c1-35(2,34)29-19-13-28-32(15-19)21(33)31-9-7-30(8-10-31)14-18-4-3-16(11-20(18)22(23,24)25)17-5-6-26-27-12-17/h3-6,11-13,15H,1,7-10,14H2,2H3,(H,29,34). The quantitative estimate of drug-likeness (QED) is 0.534. The Bertz CT molecular complexity index is 1300. The van der Waals surface area contributed by atoms with Gasteiger partial charge in [-0.05, 0) is 29.1 Å². The van der Waals surface area contributed by atoms with Gasteiger partial charge in [-0.25, -0.2) is 9.00 Å². The predicted molar refractivity (Wildman–Crippen MR) is 127 cm³/mol. The van der Waals surface area contributed by atoms with Gasteiger partial charge in [0.2, 0.25) is 0 Å². The molecule has 0 aliphatic carbocycles. The highest BCUT2D eigenvalue weighted by atomic mass is 32.2. The van der Waals surface area contributed by atoms with Gasteiger partial charge in [0.1, 0.15) is 0 Å². The topological polar surface area (TPSA) is 96.2 Å². The summed E-state index contributed by atoms with van der Waals surface area (Å²) in [7, 11) is -2.51. The summed E-state index contributed by atoms with van der Waals surface area (Å²) in [5.74, 6) is 3.50. The van der Waals surface area contributed by atoms with Gasteiger partial charge >= 0.3 is 12.2 Å². The van der Waals surface area contributed by atoms with E-state index in [1.54, 1.807) is 17.0 Å². The third-order valence-electron chi connectivity index (χ3n) is 5.48. The van der Waals surface area contributed by atoms with Crippen molar-refractivity contribution in [1.82, 2.24) is 29.8 Å². The molecule has 9 nitrogen and oxygen atoms in total. The minimum Gasteiger partial charge on any atom is -0.320 e. The van der Waals surface area contributed by atoms with E-state index in [-0.39, 0.29) is 18.1 Å². The van der Waals surface area contributed by atoms with Crippen molar-refractivity contribution in [2.45, 2.75) is 12.7 Å². The molecule has 0 spiro atoms. The van der Waals surface area contributed by atoms with Crippen molar-refractivity contribution in [3.8, 4) is 11.1 Å². The van der Waals surface area contributed by atoms with Gasteiger partial charge in [0.15, 0.2) is 0 Å². The van der Waals surface area contributed by atoms with E-state index in [0.717, 1.165) is 10.7 Å². The molecule has 1 aliphatic heterocycles. The first kappa shape index (κ1) is 24.7. The Balaban J connectivity index is 1.42. The Morgan fingerprint density at radius 2 is 1.86 bits per heavy atom. The van der Waals surface area contributed by atoms with Gasteiger partial charge in [-0.1, -0.05) is 12.1 Å². The average Bonchev–Trinajstić information content (AvgIpc) is 3.26. The molecule has 0 bridgehead atoms. The molecule has 0 radical (unpaired) electrons. The van der Waals surface area contributed by atoms with Crippen molar-refractivity contribution in [2.75, 3.05) is 37.2 Å². The summed E-state index contributed by atoms with van der Waals surface area (Å²) >= 11 is 0. The van der Waals surface area contributed by atoms with Crippen LogP contribution in [0.4, 0.5) is 23.7 Å². The minimum absolute atomic E-state index is 0.107.